The standard InChI is InChI=1S/C24H33N3O2/c1-16(2)14-18-6-8-19(9-7-18)23(17(3)4)26-15-22(28)27-21-12-10-20(11-13-21)24(29)25-5/h6-13,16-17,23,26H,14-15H2,1-5H3,(H,25,29)(H,27,28)/p+1/t23-/m1/s1. The molecule has 0 unspecified atom stereocenters. The van der Waals surface area contributed by atoms with Crippen LogP contribution in [0.2, 0.25) is 0 Å². The molecule has 0 bridgehead atoms. The van der Waals surface area contributed by atoms with Crippen LogP contribution in [0, 0.1) is 11.8 Å². The predicted octanol–water partition coefficient (Wildman–Crippen LogP) is 3.14. The number of carbonyl (C=O) groups is 2. The van der Waals surface area contributed by atoms with Crippen molar-refractivity contribution in [3.8, 4) is 0 Å². The van der Waals surface area contributed by atoms with Gasteiger partial charge in [-0.2, -0.15) is 0 Å². The second-order valence-corrected chi connectivity index (χ2v) is 8.25. The van der Waals surface area contributed by atoms with Crippen LogP contribution in [0.15, 0.2) is 48.5 Å². The minimum Gasteiger partial charge on any atom is -0.355 e. The molecular formula is C24H34N3O2+. The average molecular weight is 397 g/mol. The smallest absolute Gasteiger partial charge is 0.279 e. The largest absolute Gasteiger partial charge is 0.355 e. The van der Waals surface area contributed by atoms with Gasteiger partial charge in [0.2, 0.25) is 0 Å². The fourth-order valence-electron chi connectivity index (χ4n) is 3.44. The summed E-state index contributed by atoms with van der Waals surface area (Å²) in [5.74, 6) is 0.850. The molecule has 0 heterocycles. The number of rotatable bonds is 9. The number of amides is 2. The topological polar surface area (TPSA) is 74.8 Å². The van der Waals surface area contributed by atoms with Crippen LogP contribution in [0.4, 0.5) is 5.69 Å². The summed E-state index contributed by atoms with van der Waals surface area (Å²) in [5, 5.41) is 7.58. The van der Waals surface area contributed by atoms with Gasteiger partial charge >= 0.3 is 0 Å². The summed E-state index contributed by atoms with van der Waals surface area (Å²) in [7, 11) is 1.59. The number of benzene rings is 2. The van der Waals surface area contributed by atoms with Gasteiger partial charge in [0.05, 0.1) is 0 Å². The predicted molar refractivity (Wildman–Crippen MR) is 118 cm³/mol. The second-order valence-electron chi connectivity index (χ2n) is 8.25. The SMILES string of the molecule is CNC(=O)c1ccc(NC(=O)C[NH2+][C@@H](c2ccc(CC(C)C)cc2)C(C)C)cc1. The van der Waals surface area contributed by atoms with Crippen molar-refractivity contribution in [3.05, 3.63) is 65.2 Å². The van der Waals surface area contributed by atoms with Gasteiger partial charge in [0.25, 0.3) is 11.8 Å². The fraction of sp³-hybridized carbons (Fsp3) is 0.417. The number of hydrogen-bond acceptors (Lipinski definition) is 2. The fourth-order valence-corrected chi connectivity index (χ4v) is 3.44. The maximum atomic E-state index is 12.4. The molecule has 1 atom stereocenters. The molecule has 0 spiro atoms. The summed E-state index contributed by atoms with van der Waals surface area (Å²) in [6.45, 7) is 9.15. The van der Waals surface area contributed by atoms with Crippen molar-refractivity contribution in [1.29, 1.82) is 0 Å². The maximum absolute atomic E-state index is 12.4. The lowest BCUT2D eigenvalue weighted by Crippen LogP contribution is -2.88. The first kappa shape index (κ1) is 22.6. The van der Waals surface area contributed by atoms with Crippen LogP contribution in [0.25, 0.3) is 0 Å². The van der Waals surface area contributed by atoms with E-state index in [0.717, 1.165) is 6.42 Å². The first-order chi connectivity index (χ1) is 13.8. The zero-order chi connectivity index (χ0) is 21.4. The number of nitrogens with two attached hydrogens (primary N) is 1. The summed E-state index contributed by atoms with van der Waals surface area (Å²) < 4.78 is 0. The van der Waals surface area contributed by atoms with Crippen LogP contribution in [0.3, 0.4) is 0 Å². The van der Waals surface area contributed by atoms with Gasteiger partial charge in [-0.1, -0.05) is 52.0 Å². The van der Waals surface area contributed by atoms with Crippen LogP contribution < -0.4 is 16.0 Å². The lowest BCUT2D eigenvalue weighted by atomic mass is 9.93. The summed E-state index contributed by atoms with van der Waals surface area (Å²) in [6, 6.07) is 15.9. The van der Waals surface area contributed by atoms with E-state index in [1.165, 1.54) is 11.1 Å². The molecule has 2 rings (SSSR count). The Morgan fingerprint density at radius 3 is 2.07 bits per heavy atom. The van der Waals surface area contributed by atoms with Crippen molar-refractivity contribution in [3.63, 3.8) is 0 Å². The third-order valence-electron chi connectivity index (χ3n) is 4.94. The van der Waals surface area contributed by atoms with E-state index in [1.807, 2.05) is 0 Å². The van der Waals surface area contributed by atoms with Gasteiger partial charge in [-0.15, -0.1) is 0 Å². The second kappa shape index (κ2) is 10.8. The zero-order valence-corrected chi connectivity index (χ0v) is 18.2. The van der Waals surface area contributed by atoms with E-state index >= 15 is 0 Å². The monoisotopic (exact) mass is 396 g/mol. The van der Waals surface area contributed by atoms with Crippen molar-refractivity contribution in [2.45, 2.75) is 40.2 Å². The number of quaternary nitrogens is 1. The van der Waals surface area contributed by atoms with Gasteiger partial charge in [-0.05, 0) is 42.2 Å². The van der Waals surface area contributed by atoms with E-state index in [-0.39, 0.29) is 17.9 Å². The molecule has 0 aliphatic carbocycles. The molecule has 0 aliphatic rings. The average Bonchev–Trinajstić information content (AvgIpc) is 2.68. The molecular weight excluding hydrogens is 362 g/mol. The number of hydrogen-bond donors (Lipinski definition) is 3. The normalized spacial score (nSPS) is 12.1. The van der Waals surface area contributed by atoms with Crippen LogP contribution in [0.1, 0.15) is 55.2 Å². The molecule has 2 aromatic carbocycles. The highest BCUT2D eigenvalue weighted by molar-refractivity contribution is 5.95. The lowest BCUT2D eigenvalue weighted by molar-refractivity contribution is -0.692. The van der Waals surface area contributed by atoms with Crippen molar-refractivity contribution in [2.24, 2.45) is 11.8 Å². The Bertz CT molecular complexity index is 796. The van der Waals surface area contributed by atoms with Gasteiger partial charge in [0, 0.05) is 29.8 Å². The van der Waals surface area contributed by atoms with Crippen LogP contribution in [0.5, 0.6) is 0 Å². The van der Waals surface area contributed by atoms with E-state index in [4.69, 9.17) is 0 Å². The zero-order valence-electron chi connectivity index (χ0n) is 18.2. The number of anilines is 1. The Morgan fingerprint density at radius 1 is 0.931 bits per heavy atom. The van der Waals surface area contributed by atoms with Crippen molar-refractivity contribution in [1.82, 2.24) is 5.32 Å². The van der Waals surface area contributed by atoms with Crippen molar-refractivity contribution in [2.75, 3.05) is 18.9 Å². The number of nitrogens with one attached hydrogen (secondary N) is 2. The molecule has 29 heavy (non-hydrogen) atoms. The van der Waals surface area contributed by atoms with Crippen LogP contribution in [-0.4, -0.2) is 25.4 Å². The van der Waals surface area contributed by atoms with E-state index in [9.17, 15) is 9.59 Å². The molecule has 4 N–H and O–H groups in total. The molecule has 0 radical (unpaired) electrons. The van der Waals surface area contributed by atoms with Crippen LogP contribution >= 0.6 is 0 Å². The molecule has 5 nitrogen and oxygen atoms in total. The molecule has 2 amide bonds. The lowest BCUT2D eigenvalue weighted by Gasteiger charge is -2.20. The Labute approximate surface area is 174 Å². The molecule has 0 aliphatic heterocycles. The molecule has 0 aromatic heterocycles. The van der Waals surface area contributed by atoms with Gasteiger partial charge in [0.15, 0.2) is 6.54 Å². The highest BCUT2D eigenvalue weighted by Crippen LogP contribution is 2.19. The molecule has 156 valence electrons. The first-order valence-corrected chi connectivity index (χ1v) is 10.3. The highest BCUT2D eigenvalue weighted by Gasteiger charge is 2.20. The maximum Gasteiger partial charge on any atom is 0.279 e. The molecule has 2 aromatic rings. The van der Waals surface area contributed by atoms with Crippen LogP contribution in [-0.2, 0) is 11.2 Å². The van der Waals surface area contributed by atoms with Gasteiger partial charge < -0.3 is 16.0 Å². The molecule has 5 heteroatoms. The van der Waals surface area contributed by atoms with E-state index in [2.05, 4.69) is 67.9 Å². The molecule has 0 saturated heterocycles. The highest BCUT2D eigenvalue weighted by atomic mass is 16.2. The van der Waals surface area contributed by atoms with E-state index in [1.54, 1.807) is 31.3 Å². The minimum absolute atomic E-state index is 0.0558. The molecule has 0 fully saturated rings. The summed E-state index contributed by atoms with van der Waals surface area (Å²) in [6.07, 6.45) is 1.08. The summed E-state index contributed by atoms with van der Waals surface area (Å²) in [4.78, 5) is 24.0. The van der Waals surface area contributed by atoms with Gasteiger partial charge in [-0.3, -0.25) is 9.59 Å². The third kappa shape index (κ3) is 7.02. The van der Waals surface area contributed by atoms with Gasteiger partial charge in [-0.25, -0.2) is 0 Å². The van der Waals surface area contributed by atoms with E-state index < -0.39 is 0 Å². The quantitative estimate of drug-likeness (QED) is 0.609. The third-order valence-corrected chi connectivity index (χ3v) is 4.94. The first-order valence-electron chi connectivity index (χ1n) is 10.3. The Hall–Kier alpha value is -2.66. The molecule has 0 saturated carbocycles. The van der Waals surface area contributed by atoms with E-state index in [0.29, 0.717) is 29.6 Å². The van der Waals surface area contributed by atoms with Crippen molar-refractivity contribution < 1.29 is 14.9 Å². The summed E-state index contributed by atoms with van der Waals surface area (Å²) >= 11 is 0. The Balaban J connectivity index is 1.94. The van der Waals surface area contributed by atoms with Gasteiger partial charge in [0.1, 0.15) is 6.04 Å². The van der Waals surface area contributed by atoms with Crippen molar-refractivity contribution >= 4 is 17.5 Å². The summed E-state index contributed by atoms with van der Waals surface area (Å²) in [5.41, 5.74) is 3.85. The Morgan fingerprint density at radius 2 is 1.55 bits per heavy atom. The number of carbonyl (C=O) groups excluding carboxylic acids is 2. The Kier molecular flexibility index (Phi) is 8.40. The minimum atomic E-state index is -0.143.